The number of likely N-dealkylation sites (tertiary alicyclic amines) is 1. The van der Waals surface area contributed by atoms with Crippen molar-refractivity contribution in [1.29, 1.82) is 0 Å². The Balaban J connectivity index is 2.12. The fraction of sp³-hybridized carbons (Fsp3) is 0.571. The second kappa shape index (κ2) is 5.51. The summed E-state index contributed by atoms with van der Waals surface area (Å²) in [6, 6.07) is 3.57. The Kier molecular flexibility index (Phi) is 4.16. The molecular weight excluding hydrogens is 260 g/mol. The van der Waals surface area contributed by atoms with E-state index in [0.717, 1.165) is 5.03 Å². The van der Waals surface area contributed by atoms with Crippen molar-refractivity contribution in [1.82, 2.24) is 9.88 Å². The van der Waals surface area contributed by atoms with E-state index in [2.05, 4.69) is 25.8 Å². The number of aliphatic hydroxyl groups excluding tert-OH is 1. The summed E-state index contributed by atoms with van der Waals surface area (Å²) in [4.78, 5) is 18.3. The van der Waals surface area contributed by atoms with Crippen molar-refractivity contribution >= 4 is 17.7 Å². The van der Waals surface area contributed by atoms with Gasteiger partial charge in [-0.05, 0) is 18.6 Å². The molecule has 0 aliphatic carbocycles. The zero-order valence-electron chi connectivity index (χ0n) is 11.6. The van der Waals surface area contributed by atoms with Crippen LogP contribution in [0.4, 0.5) is 0 Å². The molecule has 1 atom stereocenters. The van der Waals surface area contributed by atoms with Crippen LogP contribution in [0.3, 0.4) is 0 Å². The predicted molar refractivity (Wildman–Crippen MR) is 76.4 cm³/mol. The van der Waals surface area contributed by atoms with Gasteiger partial charge in [0, 0.05) is 29.6 Å². The number of hydrogen-bond donors (Lipinski definition) is 1. The molecule has 0 unspecified atom stereocenters. The Bertz CT molecular complexity index is 471. The van der Waals surface area contributed by atoms with Crippen LogP contribution in [0.15, 0.2) is 23.4 Å². The standard InChI is InChI=1S/C14H20N2O2S/c1-14(2,3)19-12-8-10(4-6-15-12)13(18)16-7-5-11(17)9-16/h4,6,8,11,17H,5,7,9H2,1-3H3/t11-/m1/s1. The van der Waals surface area contributed by atoms with Crippen LogP contribution in [0, 0.1) is 0 Å². The molecule has 0 saturated carbocycles. The zero-order chi connectivity index (χ0) is 14.0. The van der Waals surface area contributed by atoms with Gasteiger partial charge in [-0.2, -0.15) is 0 Å². The van der Waals surface area contributed by atoms with Crippen LogP contribution in [0.5, 0.6) is 0 Å². The van der Waals surface area contributed by atoms with Crippen molar-refractivity contribution < 1.29 is 9.90 Å². The third-order valence-electron chi connectivity index (χ3n) is 2.84. The first-order valence-electron chi connectivity index (χ1n) is 6.47. The van der Waals surface area contributed by atoms with E-state index in [9.17, 15) is 9.90 Å². The number of aliphatic hydroxyl groups is 1. The maximum absolute atomic E-state index is 12.3. The minimum atomic E-state index is -0.380. The fourth-order valence-corrected chi connectivity index (χ4v) is 2.95. The molecule has 1 aliphatic heterocycles. The number of pyridine rings is 1. The van der Waals surface area contributed by atoms with Gasteiger partial charge in [-0.15, -0.1) is 11.8 Å². The summed E-state index contributed by atoms with van der Waals surface area (Å²) in [5.41, 5.74) is 0.649. The van der Waals surface area contributed by atoms with E-state index in [-0.39, 0.29) is 16.8 Å². The van der Waals surface area contributed by atoms with E-state index < -0.39 is 0 Å². The quantitative estimate of drug-likeness (QED) is 0.844. The number of amides is 1. The minimum Gasteiger partial charge on any atom is -0.391 e. The molecule has 2 rings (SSSR count). The maximum atomic E-state index is 12.3. The Labute approximate surface area is 118 Å². The van der Waals surface area contributed by atoms with Crippen LogP contribution in [0.25, 0.3) is 0 Å². The van der Waals surface area contributed by atoms with Gasteiger partial charge in [-0.3, -0.25) is 4.79 Å². The molecule has 1 aromatic rings. The van der Waals surface area contributed by atoms with Gasteiger partial charge in [0.05, 0.1) is 11.1 Å². The molecule has 1 amide bonds. The summed E-state index contributed by atoms with van der Waals surface area (Å²) in [5, 5.41) is 10.4. The summed E-state index contributed by atoms with van der Waals surface area (Å²) in [5.74, 6) is -0.0188. The van der Waals surface area contributed by atoms with E-state index in [1.54, 1.807) is 28.9 Å². The molecule has 1 aliphatic rings. The number of nitrogens with zero attached hydrogens (tertiary/aromatic N) is 2. The van der Waals surface area contributed by atoms with Crippen LogP contribution < -0.4 is 0 Å². The maximum Gasteiger partial charge on any atom is 0.254 e. The molecule has 0 spiro atoms. The molecule has 104 valence electrons. The Morgan fingerprint density at radius 1 is 1.53 bits per heavy atom. The first-order chi connectivity index (χ1) is 8.85. The molecule has 0 bridgehead atoms. The third-order valence-corrected chi connectivity index (χ3v) is 3.89. The van der Waals surface area contributed by atoms with Gasteiger partial charge in [0.15, 0.2) is 0 Å². The van der Waals surface area contributed by atoms with E-state index in [1.165, 1.54) is 0 Å². The van der Waals surface area contributed by atoms with Crippen LogP contribution in [0.1, 0.15) is 37.6 Å². The second-order valence-corrected chi connectivity index (χ2v) is 7.64. The number of rotatable bonds is 2. The van der Waals surface area contributed by atoms with Crippen molar-refractivity contribution in [2.75, 3.05) is 13.1 Å². The molecule has 2 heterocycles. The summed E-state index contributed by atoms with van der Waals surface area (Å²) in [6.45, 7) is 7.41. The highest BCUT2D eigenvalue weighted by molar-refractivity contribution is 8.00. The Hall–Kier alpha value is -1.07. The zero-order valence-corrected chi connectivity index (χ0v) is 12.4. The van der Waals surface area contributed by atoms with Crippen LogP contribution >= 0.6 is 11.8 Å². The Morgan fingerprint density at radius 2 is 2.26 bits per heavy atom. The number of carbonyl (C=O) groups is 1. The lowest BCUT2D eigenvalue weighted by molar-refractivity contribution is 0.0764. The van der Waals surface area contributed by atoms with E-state index in [0.29, 0.717) is 25.1 Å². The SMILES string of the molecule is CC(C)(C)Sc1cc(C(=O)N2CC[C@@H](O)C2)ccn1. The van der Waals surface area contributed by atoms with Gasteiger partial charge >= 0.3 is 0 Å². The van der Waals surface area contributed by atoms with Gasteiger partial charge in [-0.25, -0.2) is 4.98 Å². The highest BCUT2D eigenvalue weighted by atomic mass is 32.2. The molecule has 19 heavy (non-hydrogen) atoms. The number of aromatic nitrogens is 1. The van der Waals surface area contributed by atoms with Crippen LogP contribution in [0.2, 0.25) is 0 Å². The lowest BCUT2D eigenvalue weighted by Gasteiger charge is -2.18. The summed E-state index contributed by atoms with van der Waals surface area (Å²) < 4.78 is 0.0680. The second-order valence-electron chi connectivity index (χ2n) is 5.79. The lowest BCUT2D eigenvalue weighted by atomic mass is 10.2. The smallest absolute Gasteiger partial charge is 0.254 e. The average Bonchev–Trinajstić information content (AvgIpc) is 2.73. The molecule has 1 saturated heterocycles. The highest BCUT2D eigenvalue weighted by Gasteiger charge is 2.25. The normalized spacial score (nSPS) is 19.8. The summed E-state index contributed by atoms with van der Waals surface area (Å²) in [7, 11) is 0. The number of hydrogen-bond acceptors (Lipinski definition) is 4. The largest absolute Gasteiger partial charge is 0.391 e. The summed E-state index contributed by atoms with van der Waals surface area (Å²) in [6.07, 6.45) is 1.96. The number of carbonyl (C=O) groups excluding carboxylic acids is 1. The third kappa shape index (κ3) is 3.94. The predicted octanol–water partition coefficient (Wildman–Crippen LogP) is 2.18. The monoisotopic (exact) mass is 280 g/mol. The van der Waals surface area contributed by atoms with E-state index in [4.69, 9.17) is 0 Å². The van der Waals surface area contributed by atoms with Gasteiger partial charge in [0.25, 0.3) is 5.91 Å². The van der Waals surface area contributed by atoms with Crippen molar-refractivity contribution in [3.8, 4) is 0 Å². The van der Waals surface area contributed by atoms with Gasteiger partial charge in [-0.1, -0.05) is 20.8 Å². The van der Waals surface area contributed by atoms with Gasteiger partial charge in [0.2, 0.25) is 0 Å². The first-order valence-corrected chi connectivity index (χ1v) is 7.29. The number of thioether (sulfide) groups is 1. The molecule has 1 N–H and O–H groups in total. The molecule has 1 aromatic heterocycles. The molecule has 1 fully saturated rings. The van der Waals surface area contributed by atoms with Crippen molar-refractivity contribution in [3.63, 3.8) is 0 Å². The Morgan fingerprint density at radius 3 is 2.84 bits per heavy atom. The fourth-order valence-electron chi connectivity index (χ4n) is 2.02. The average molecular weight is 280 g/mol. The molecular formula is C14H20N2O2S. The molecule has 0 radical (unpaired) electrons. The summed E-state index contributed by atoms with van der Waals surface area (Å²) >= 11 is 1.64. The lowest BCUT2D eigenvalue weighted by Crippen LogP contribution is -2.29. The van der Waals surface area contributed by atoms with Crippen LogP contribution in [-0.2, 0) is 0 Å². The molecule has 5 heteroatoms. The van der Waals surface area contributed by atoms with Crippen molar-refractivity contribution in [2.24, 2.45) is 0 Å². The molecule has 4 nitrogen and oxygen atoms in total. The number of β-amino-alcohol motifs (C(OH)–C–C–N with tert-alkyl or cyclic N) is 1. The minimum absolute atomic E-state index is 0.0188. The van der Waals surface area contributed by atoms with Gasteiger partial charge in [0.1, 0.15) is 0 Å². The van der Waals surface area contributed by atoms with E-state index in [1.807, 2.05) is 6.07 Å². The highest BCUT2D eigenvalue weighted by Crippen LogP contribution is 2.30. The van der Waals surface area contributed by atoms with Crippen molar-refractivity contribution in [3.05, 3.63) is 23.9 Å². The van der Waals surface area contributed by atoms with Crippen molar-refractivity contribution in [2.45, 2.75) is 43.1 Å². The van der Waals surface area contributed by atoms with Crippen LogP contribution in [-0.4, -0.2) is 44.8 Å². The first kappa shape index (κ1) is 14.3. The topological polar surface area (TPSA) is 53.4 Å². The molecule has 0 aromatic carbocycles. The van der Waals surface area contributed by atoms with E-state index >= 15 is 0 Å². The van der Waals surface area contributed by atoms with Gasteiger partial charge < -0.3 is 10.0 Å².